The zero-order chi connectivity index (χ0) is 21.2. The minimum absolute atomic E-state index is 0.0974. The molecule has 0 saturated carbocycles. The van der Waals surface area contributed by atoms with Gasteiger partial charge in [-0.25, -0.2) is 13.4 Å². The van der Waals surface area contributed by atoms with Crippen LogP contribution in [0.3, 0.4) is 0 Å². The smallest absolute Gasteiger partial charge is 0.321 e. The molecule has 0 bridgehead atoms. The van der Waals surface area contributed by atoms with Gasteiger partial charge in [-0.1, -0.05) is 29.8 Å². The van der Waals surface area contributed by atoms with Gasteiger partial charge >= 0.3 is 5.97 Å². The first-order chi connectivity index (χ1) is 13.7. The van der Waals surface area contributed by atoms with Crippen LogP contribution in [-0.4, -0.2) is 25.9 Å². The first kappa shape index (κ1) is 21.2. The molecule has 0 unspecified atom stereocenters. The molecule has 0 aliphatic carbocycles. The Morgan fingerprint density at radius 3 is 2.55 bits per heavy atom. The molecular weight excluding hydrogens is 412 g/mol. The number of ether oxygens (including phenoxy) is 1. The van der Waals surface area contributed by atoms with Gasteiger partial charge < -0.3 is 4.74 Å². The Labute approximate surface area is 174 Å². The molecule has 152 valence electrons. The summed E-state index contributed by atoms with van der Waals surface area (Å²) in [6.07, 6.45) is 0. The number of fused-ring (bicyclic) bond motifs is 1. The molecule has 0 amide bonds. The second-order valence-corrected chi connectivity index (χ2v) is 8.99. The average molecular weight is 433 g/mol. The van der Waals surface area contributed by atoms with Crippen molar-refractivity contribution in [1.29, 1.82) is 0 Å². The SMILES string of the molecule is Cc1ccc2cc(COC(=O)CNS(=O)(=O)c3ccc(C)c(C)c3)c(Cl)nc2c1. The number of nitrogens with zero attached hydrogens (tertiary/aromatic N) is 1. The predicted octanol–water partition coefficient (Wildman–Crippen LogP) is 3.84. The van der Waals surface area contributed by atoms with Crippen LogP contribution in [0, 0.1) is 20.8 Å². The fraction of sp³-hybridized carbons (Fsp3) is 0.238. The molecule has 1 N–H and O–H groups in total. The number of pyridine rings is 1. The Bertz CT molecular complexity index is 1190. The van der Waals surface area contributed by atoms with E-state index in [1.807, 2.05) is 39.0 Å². The standard InChI is InChI=1S/C21H21ClN2O4S/c1-13-4-6-16-10-17(21(22)24-19(16)8-13)12-28-20(25)11-23-29(26,27)18-7-5-14(2)15(3)9-18/h4-10,23H,11-12H2,1-3H3. The van der Waals surface area contributed by atoms with E-state index in [2.05, 4.69) is 9.71 Å². The molecule has 0 saturated heterocycles. The van der Waals surface area contributed by atoms with Gasteiger partial charge in [0.2, 0.25) is 10.0 Å². The van der Waals surface area contributed by atoms with Gasteiger partial charge in [-0.3, -0.25) is 4.79 Å². The third-order valence-corrected chi connectivity index (χ3v) is 6.31. The summed E-state index contributed by atoms with van der Waals surface area (Å²) in [6.45, 7) is 5.10. The number of hydrogen-bond acceptors (Lipinski definition) is 5. The quantitative estimate of drug-likeness (QED) is 0.472. The molecule has 3 aromatic rings. The number of esters is 1. The largest absolute Gasteiger partial charge is 0.460 e. The summed E-state index contributed by atoms with van der Waals surface area (Å²) in [6, 6.07) is 12.4. The highest BCUT2D eigenvalue weighted by molar-refractivity contribution is 7.89. The second-order valence-electron chi connectivity index (χ2n) is 6.87. The van der Waals surface area contributed by atoms with Crippen molar-refractivity contribution < 1.29 is 17.9 Å². The molecule has 1 heterocycles. The maximum absolute atomic E-state index is 12.4. The lowest BCUT2D eigenvalue weighted by Gasteiger charge is -2.10. The normalized spacial score (nSPS) is 11.6. The number of aryl methyl sites for hydroxylation is 3. The van der Waals surface area contributed by atoms with E-state index in [9.17, 15) is 13.2 Å². The highest BCUT2D eigenvalue weighted by Crippen LogP contribution is 2.22. The van der Waals surface area contributed by atoms with Gasteiger partial charge in [-0.15, -0.1) is 0 Å². The van der Waals surface area contributed by atoms with E-state index >= 15 is 0 Å². The summed E-state index contributed by atoms with van der Waals surface area (Å²) >= 11 is 6.18. The zero-order valence-electron chi connectivity index (χ0n) is 16.3. The van der Waals surface area contributed by atoms with Crippen molar-refractivity contribution in [3.05, 3.63) is 69.9 Å². The molecule has 2 aromatic carbocycles. The van der Waals surface area contributed by atoms with Crippen LogP contribution in [-0.2, 0) is 26.2 Å². The third kappa shape index (κ3) is 5.12. The van der Waals surface area contributed by atoms with Crippen molar-refractivity contribution in [1.82, 2.24) is 9.71 Å². The number of carbonyl (C=O) groups excluding carboxylic acids is 1. The molecule has 3 rings (SSSR count). The van der Waals surface area contributed by atoms with Crippen molar-refractivity contribution in [2.45, 2.75) is 32.3 Å². The third-order valence-electron chi connectivity index (χ3n) is 4.58. The van der Waals surface area contributed by atoms with Crippen LogP contribution in [0.25, 0.3) is 10.9 Å². The molecule has 6 nitrogen and oxygen atoms in total. The van der Waals surface area contributed by atoms with Crippen LogP contribution in [0.2, 0.25) is 5.15 Å². The molecule has 0 spiro atoms. The Morgan fingerprint density at radius 1 is 1.07 bits per heavy atom. The van der Waals surface area contributed by atoms with E-state index in [-0.39, 0.29) is 16.7 Å². The lowest BCUT2D eigenvalue weighted by molar-refractivity contribution is -0.143. The predicted molar refractivity (Wildman–Crippen MR) is 112 cm³/mol. The number of aromatic nitrogens is 1. The average Bonchev–Trinajstić information content (AvgIpc) is 2.67. The number of rotatable bonds is 6. The summed E-state index contributed by atoms with van der Waals surface area (Å²) in [7, 11) is -3.81. The molecule has 1 aromatic heterocycles. The van der Waals surface area contributed by atoms with Gasteiger partial charge in [0.15, 0.2) is 0 Å². The Balaban J connectivity index is 1.62. The van der Waals surface area contributed by atoms with Crippen LogP contribution < -0.4 is 4.72 Å². The van der Waals surface area contributed by atoms with Crippen LogP contribution in [0.5, 0.6) is 0 Å². The van der Waals surface area contributed by atoms with E-state index < -0.39 is 22.5 Å². The molecule has 0 radical (unpaired) electrons. The minimum Gasteiger partial charge on any atom is -0.460 e. The summed E-state index contributed by atoms with van der Waals surface area (Å²) in [5, 5.41) is 1.12. The molecule has 0 atom stereocenters. The zero-order valence-corrected chi connectivity index (χ0v) is 17.9. The van der Waals surface area contributed by atoms with Gasteiger partial charge in [0.25, 0.3) is 0 Å². The van der Waals surface area contributed by atoms with Crippen molar-refractivity contribution in [3.8, 4) is 0 Å². The molecular formula is C21H21ClN2O4S. The lowest BCUT2D eigenvalue weighted by atomic mass is 10.1. The van der Waals surface area contributed by atoms with Crippen LogP contribution in [0.15, 0.2) is 47.4 Å². The van der Waals surface area contributed by atoms with E-state index in [0.29, 0.717) is 5.56 Å². The lowest BCUT2D eigenvalue weighted by Crippen LogP contribution is -2.30. The first-order valence-electron chi connectivity index (χ1n) is 8.94. The minimum atomic E-state index is -3.81. The molecule has 0 aliphatic rings. The van der Waals surface area contributed by atoms with Crippen LogP contribution >= 0.6 is 11.6 Å². The number of benzene rings is 2. The summed E-state index contributed by atoms with van der Waals surface area (Å²) < 4.78 is 32.1. The van der Waals surface area contributed by atoms with E-state index in [1.54, 1.807) is 18.2 Å². The van der Waals surface area contributed by atoms with E-state index in [0.717, 1.165) is 27.6 Å². The molecule has 0 aliphatic heterocycles. The van der Waals surface area contributed by atoms with Crippen LogP contribution in [0.4, 0.5) is 0 Å². The maximum atomic E-state index is 12.4. The number of nitrogens with one attached hydrogen (secondary N) is 1. The second kappa shape index (κ2) is 8.49. The molecule has 8 heteroatoms. The van der Waals surface area contributed by atoms with Crippen molar-refractivity contribution in [3.63, 3.8) is 0 Å². The summed E-state index contributed by atoms with van der Waals surface area (Å²) in [5.74, 6) is -0.711. The van der Waals surface area contributed by atoms with Gasteiger partial charge in [-0.2, -0.15) is 4.72 Å². The first-order valence-corrected chi connectivity index (χ1v) is 10.8. The summed E-state index contributed by atoms with van der Waals surface area (Å²) in [4.78, 5) is 16.4. The number of carbonyl (C=O) groups is 1. The molecule has 29 heavy (non-hydrogen) atoms. The van der Waals surface area contributed by atoms with E-state index in [1.165, 1.54) is 6.07 Å². The fourth-order valence-electron chi connectivity index (χ4n) is 2.73. The van der Waals surface area contributed by atoms with Crippen molar-refractivity contribution >= 4 is 38.5 Å². The van der Waals surface area contributed by atoms with Gasteiger partial charge in [0, 0.05) is 10.9 Å². The van der Waals surface area contributed by atoms with Crippen molar-refractivity contribution in [2.24, 2.45) is 0 Å². The Hall–Kier alpha value is -2.48. The monoisotopic (exact) mass is 432 g/mol. The van der Waals surface area contributed by atoms with Gasteiger partial charge in [0.05, 0.1) is 10.4 Å². The number of hydrogen-bond donors (Lipinski definition) is 1. The topological polar surface area (TPSA) is 85.4 Å². The highest BCUT2D eigenvalue weighted by Gasteiger charge is 2.17. The van der Waals surface area contributed by atoms with Crippen molar-refractivity contribution in [2.75, 3.05) is 6.54 Å². The number of sulfonamides is 1. The fourth-order valence-corrected chi connectivity index (χ4v) is 3.98. The Kier molecular flexibility index (Phi) is 6.21. The van der Waals surface area contributed by atoms with Gasteiger partial charge in [-0.05, 0) is 61.7 Å². The summed E-state index contributed by atoms with van der Waals surface area (Å²) in [5.41, 5.74) is 4.21. The highest BCUT2D eigenvalue weighted by atomic mass is 35.5. The molecule has 0 fully saturated rings. The van der Waals surface area contributed by atoms with Gasteiger partial charge in [0.1, 0.15) is 18.3 Å². The number of halogens is 1. The van der Waals surface area contributed by atoms with Crippen LogP contribution in [0.1, 0.15) is 22.3 Å². The maximum Gasteiger partial charge on any atom is 0.321 e. The van der Waals surface area contributed by atoms with E-state index in [4.69, 9.17) is 16.3 Å². The Morgan fingerprint density at radius 2 is 1.83 bits per heavy atom.